The molecule has 1 aromatic heterocycles. The summed E-state index contributed by atoms with van der Waals surface area (Å²) in [5.74, 6) is 0.0152. The van der Waals surface area contributed by atoms with Gasteiger partial charge in [-0.3, -0.25) is 4.79 Å². The molecule has 0 aromatic carbocycles. The van der Waals surface area contributed by atoms with Crippen LogP contribution in [0.5, 0.6) is 0 Å². The fourth-order valence-electron chi connectivity index (χ4n) is 2.48. The van der Waals surface area contributed by atoms with Crippen LogP contribution in [-0.4, -0.2) is 22.3 Å². The highest BCUT2D eigenvalue weighted by Gasteiger charge is 2.44. The second-order valence-corrected chi connectivity index (χ2v) is 4.89. The molecule has 5 heteroatoms. The molecule has 1 saturated carbocycles. The van der Waals surface area contributed by atoms with Gasteiger partial charge in [0.1, 0.15) is 6.23 Å². The van der Waals surface area contributed by atoms with Gasteiger partial charge in [0, 0.05) is 24.6 Å². The molecule has 92 valence electrons. The highest BCUT2D eigenvalue weighted by atomic mass is 16.5. The van der Waals surface area contributed by atoms with E-state index >= 15 is 0 Å². The summed E-state index contributed by atoms with van der Waals surface area (Å²) in [6.45, 7) is 0.813. The van der Waals surface area contributed by atoms with Crippen LogP contribution in [0.4, 0.5) is 0 Å². The highest BCUT2D eigenvalue weighted by molar-refractivity contribution is 5.80. The van der Waals surface area contributed by atoms with Crippen LogP contribution < -0.4 is 5.73 Å². The van der Waals surface area contributed by atoms with E-state index in [9.17, 15) is 4.79 Å². The fourth-order valence-corrected chi connectivity index (χ4v) is 2.48. The molecule has 2 aliphatic rings. The zero-order valence-corrected chi connectivity index (χ0v) is 9.71. The Kier molecular flexibility index (Phi) is 2.63. The minimum Gasteiger partial charge on any atom is -0.369 e. The predicted molar refractivity (Wildman–Crippen MR) is 61.1 cm³/mol. The fraction of sp³-hybridized carbons (Fsp3) is 0.667. The van der Waals surface area contributed by atoms with Crippen molar-refractivity contribution in [3.63, 3.8) is 0 Å². The molecular weight excluding hydrogens is 218 g/mol. The van der Waals surface area contributed by atoms with E-state index < -0.39 is 0 Å². The van der Waals surface area contributed by atoms with Crippen molar-refractivity contribution in [3.8, 4) is 0 Å². The molecule has 2 fully saturated rings. The minimum absolute atomic E-state index is 0.00868. The molecular formula is C12H17N3O2. The molecule has 5 nitrogen and oxygen atoms in total. The van der Waals surface area contributed by atoms with Crippen molar-refractivity contribution in [2.45, 2.75) is 37.8 Å². The quantitative estimate of drug-likeness (QED) is 0.855. The van der Waals surface area contributed by atoms with Crippen molar-refractivity contribution in [2.75, 3.05) is 6.61 Å². The summed E-state index contributed by atoms with van der Waals surface area (Å²) in [5.41, 5.74) is 6.25. The van der Waals surface area contributed by atoms with Crippen LogP contribution in [0, 0.1) is 5.92 Å². The van der Waals surface area contributed by atoms with Gasteiger partial charge in [0.05, 0.1) is 5.69 Å². The van der Waals surface area contributed by atoms with Crippen molar-refractivity contribution in [1.82, 2.24) is 9.78 Å². The number of carbonyl (C=O) groups excluding carboxylic acids is 1. The van der Waals surface area contributed by atoms with Crippen LogP contribution in [-0.2, 0) is 9.53 Å². The van der Waals surface area contributed by atoms with Crippen LogP contribution >= 0.6 is 0 Å². The Bertz CT molecular complexity index is 423. The van der Waals surface area contributed by atoms with Crippen molar-refractivity contribution < 1.29 is 9.53 Å². The third kappa shape index (κ3) is 2.07. The number of ether oxygens (including phenoxy) is 1. The molecule has 2 N–H and O–H groups in total. The molecule has 1 saturated heterocycles. The molecule has 1 aromatic rings. The van der Waals surface area contributed by atoms with Crippen molar-refractivity contribution in [3.05, 3.63) is 18.0 Å². The highest BCUT2D eigenvalue weighted by Crippen LogP contribution is 2.46. The largest absolute Gasteiger partial charge is 0.369 e. The Balaban J connectivity index is 1.68. The molecule has 0 spiro atoms. The van der Waals surface area contributed by atoms with Crippen molar-refractivity contribution in [1.29, 1.82) is 0 Å². The number of rotatable bonds is 3. The summed E-state index contributed by atoms with van der Waals surface area (Å²) in [5, 5.41) is 4.51. The van der Waals surface area contributed by atoms with Gasteiger partial charge in [0.15, 0.2) is 0 Å². The summed E-state index contributed by atoms with van der Waals surface area (Å²) >= 11 is 0. The predicted octanol–water partition coefficient (Wildman–Crippen LogP) is 1.17. The van der Waals surface area contributed by atoms with Crippen molar-refractivity contribution in [2.24, 2.45) is 11.7 Å². The maximum Gasteiger partial charge on any atom is 0.221 e. The summed E-state index contributed by atoms with van der Waals surface area (Å²) in [6.07, 6.45) is 6.21. The van der Waals surface area contributed by atoms with Gasteiger partial charge >= 0.3 is 0 Å². The van der Waals surface area contributed by atoms with Gasteiger partial charge in [-0.1, -0.05) is 0 Å². The number of nitrogens with zero attached hydrogens (tertiary/aromatic N) is 2. The molecule has 3 rings (SSSR count). The summed E-state index contributed by atoms with van der Waals surface area (Å²) in [4.78, 5) is 11.0. The smallest absolute Gasteiger partial charge is 0.221 e. The van der Waals surface area contributed by atoms with Crippen LogP contribution in [0.25, 0.3) is 0 Å². The lowest BCUT2D eigenvalue weighted by Gasteiger charge is -2.22. The molecule has 1 amide bonds. The molecule has 2 heterocycles. The zero-order chi connectivity index (χ0) is 11.8. The van der Waals surface area contributed by atoms with E-state index in [4.69, 9.17) is 10.5 Å². The van der Waals surface area contributed by atoms with E-state index in [0.717, 1.165) is 31.6 Å². The summed E-state index contributed by atoms with van der Waals surface area (Å²) in [6, 6.07) is 1.98. The second kappa shape index (κ2) is 4.14. The third-order valence-electron chi connectivity index (χ3n) is 3.62. The topological polar surface area (TPSA) is 70.1 Å². The first-order chi connectivity index (χ1) is 8.25. The van der Waals surface area contributed by atoms with E-state index in [1.807, 2.05) is 16.9 Å². The van der Waals surface area contributed by atoms with E-state index in [1.165, 1.54) is 6.42 Å². The Hall–Kier alpha value is -1.36. The zero-order valence-electron chi connectivity index (χ0n) is 9.71. The molecule has 17 heavy (non-hydrogen) atoms. The van der Waals surface area contributed by atoms with E-state index in [0.29, 0.717) is 0 Å². The average molecular weight is 235 g/mol. The number of amides is 1. The van der Waals surface area contributed by atoms with Crippen LogP contribution in [0.1, 0.15) is 43.5 Å². The summed E-state index contributed by atoms with van der Waals surface area (Å²) in [7, 11) is 0. The second-order valence-electron chi connectivity index (χ2n) is 4.89. The molecule has 3 atom stereocenters. The molecule has 1 aliphatic carbocycles. The van der Waals surface area contributed by atoms with Crippen LogP contribution in [0.2, 0.25) is 0 Å². The maximum absolute atomic E-state index is 11.0. The lowest BCUT2D eigenvalue weighted by molar-refractivity contribution is -0.119. The Labute approximate surface area is 99.9 Å². The standard InChI is InChI=1S/C12H17N3O2/c13-12(16)9-7-8(9)10-4-5-15(14-10)11-3-1-2-6-17-11/h4-5,8-9,11H,1-3,6-7H2,(H2,13,16). The van der Waals surface area contributed by atoms with Crippen molar-refractivity contribution >= 4 is 5.91 Å². The van der Waals surface area contributed by atoms with Gasteiger partial charge in [-0.2, -0.15) is 5.10 Å². The Morgan fingerprint density at radius 2 is 2.41 bits per heavy atom. The number of carbonyl (C=O) groups is 1. The number of hydrogen-bond donors (Lipinski definition) is 1. The molecule has 0 radical (unpaired) electrons. The Morgan fingerprint density at radius 3 is 3.06 bits per heavy atom. The Morgan fingerprint density at radius 1 is 1.53 bits per heavy atom. The normalized spacial score (nSPS) is 32.4. The number of primary amides is 1. The first-order valence-electron chi connectivity index (χ1n) is 6.21. The van der Waals surface area contributed by atoms with Gasteiger partial charge in [-0.15, -0.1) is 0 Å². The number of nitrogens with two attached hydrogens (primary N) is 1. The number of aromatic nitrogens is 2. The van der Waals surface area contributed by atoms with Gasteiger partial charge < -0.3 is 10.5 Å². The monoisotopic (exact) mass is 235 g/mol. The van der Waals surface area contributed by atoms with Gasteiger partial charge in [-0.05, 0) is 31.7 Å². The SMILES string of the molecule is NC(=O)C1CC1c1ccn(C2CCCCO2)n1. The molecule has 3 unspecified atom stereocenters. The van der Waals surface area contributed by atoms with E-state index in [-0.39, 0.29) is 24.0 Å². The number of hydrogen-bond acceptors (Lipinski definition) is 3. The first-order valence-corrected chi connectivity index (χ1v) is 6.21. The maximum atomic E-state index is 11.0. The van der Waals surface area contributed by atoms with E-state index in [1.54, 1.807) is 0 Å². The lowest BCUT2D eigenvalue weighted by atomic mass is 10.2. The van der Waals surface area contributed by atoms with Gasteiger partial charge in [0.2, 0.25) is 5.91 Å². The first kappa shape index (κ1) is 10.8. The third-order valence-corrected chi connectivity index (χ3v) is 3.62. The minimum atomic E-state index is -0.210. The summed E-state index contributed by atoms with van der Waals surface area (Å²) < 4.78 is 7.54. The van der Waals surface area contributed by atoms with Gasteiger partial charge in [0.25, 0.3) is 0 Å². The molecule has 1 aliphatic heterocycles. The van der Waals surface area contributed by atoms with Crippen LogP contribution in [0.3, 0.4) is 0 Å². The van der Waals surface area contributed by atoms with Crippen LogP contribution in [0.15, 0.2) is 12.3 Å². The van der Waals surface area contributed by atoms with E-state index in [2.05, 4.69) is 5.10 Å². The van der Waals surface area contributed by atoms with Gasteiger partial charge in [-0.25, -0.2) is 4.68 Å². The molecule has 0 bridgehead atoms. The lowest BCUT2D eigenvalue weighted by Crippen LogP contribution is -2.18. The average Bonchev–Trinajstić information content (AvgIpc) is 3.01.